The lowest BCUT2D eigenvalue weighted by atomic mass is 10.4. The predicted octanol–water partition coefficient (Wildman–Crippen LogP) is 4.06. The maximum atomic E-state index is 9.69. The molecule has 0 aliphatic heterocycles. The van der Waals surface area contributed by atoms with E-state index >= 15 is 0 Å². The van der Waals surface area contributed by atoms with Crippen LogP contribution < -0.4 is 0 Å². The topological polar surface area (TPSA) is 29.4 Å². The van der Waals surface area contributed by atoms with E-state index in [0.29, 0.717) is 5.70 Å². The van der Waals surface area contributed by atoms with E-state index in [1.165, 1.54) is 18.2 Å². The highest BCUT2D eigenvalue weighted by molar-refractivity contribution is 5.18. The summed E-state index contributed by atoms with van der Waals surface area (Å²) in [6, 6.07) is 0. The molecule has 2 nitrogen and oxygen atoms in total. The molecule has 0 saturated carbocycles. The van der Waals surface area contributed by atoms with Crippen LogP contribution in [0, 0.1) is 4.91 Å². The van der Waals surface area contributed by atoms with Crippen molar-refractivity contribution in [3.05, 3.63) is 42.0 Å². The van der Waals surface area contributed by atoms with Gasteiger partial charge >= 0.3 is 0 Å². The average molecular weight is 169 g/mol. The van der Waals surface area contributed by atoms with Crippen LogP contribution in [-0.4, -0.2) is 0 Å². The molecule has 0 aromatic heterocycles. The Morgan fingerprint density at radius 3 is 1.67 bits per heavy atom. The molecule has 0 unspecified atom stereocenters. The molecule has 0 radical (unpaired) electrons. The Hall–Kier alpha value is -1.18. The predicted molar refractivity (Wildman–Crippen MR) is 57.0 cm³/mol. The lowest BCUT2D eigenvalue weighted by Crippen LogP contribution is -1.62. The van der Waals surface area contributed by atoms with Gasteiger partial charge in [0.1, 0.15) is 5.70 Å². The van der Waals surface area contributed by atoms with Gasteiger partial charge in [0.05, 0.1) is 0 Å². The molecule has 0 heterocycles. The SMILES string of the molecule is C=C/C=C(\C=C)N=O.CC.CC. The van der Waals surface area contributed by atoms with Crippen molar-refractivity contribution < 1.29 is 0 Å². The first-order valence-corrected chi connectivity index (χ1v) is 4.13. The summed E-state index contributed by atoms with van der Waals surface area (Å²) in [5, 5.41) is 2.62. The molecule has 70 valence electrons. The van der Waals surface area contributed by atoms with Crippen LogP contribution in [0.5, 0.6) is 0 Å². The Labute approximate surface area is 75.7 Å². The first-order valence-electron chi connectivity index (χ1n) is 4.13. The molecule has 0 amide bonds. The second-order valence-corrected chi connectivity index (χ2v) is 1.12. The average Bonchev–Trinajstić information content (AvgIpc) is 2.20. The van der Waals surface area contributed by atoms with Gasteiger partial charge in [0, 0.05) is 0 Å². The number of rotatable bonds is 3. The van der Waals surface area contributed by atoms with Crippen molar-refractivity contribution in [1.29, 1.82) is 0 Å². The number of nitroso groups, excluding NO2 is 1. The minimum Gasteiger partial charge on any atom is -0.145 e. The van der Waals surface area contributed by atoms with E-state index in [2.05, 4.69) is 18.3 Å². The van der Waals surface area contributed by atoms with Crippen molar-refractivity contribution in [2.24, 2.45) is 5.18 Å². The van der Waals surface area contributed by atoms with E-state index in [1.54, 1.807) is 0 Å². The summed E-state index contributed by atoms with van der Waals surface area (Å²) >= 11 is 0. The highest BCUT2D eigenvalue weighted by atomic mass is 16.3. The molecule has 12 heavy (non-hydrogen) atoms. The largest absolute Gasteiger partial charge is 0.145 e. The van der Waals surface area contributed by atoms with Crippen molar-refractivity contribution >= 4 is 0 Å². The van der Waals surface area contributed by atoms with Gasteiger partial charge in [0.15, 0.2) is 0 Å². The maximum absolute atomic E-state index is 9.69. The van der Waals surface area contributed by atoms with Crippen molar-refractivity contribution in [1.82, 2.24) is 0 Å². The van der Waals surface area contributed by atoms with E-state index in [-0.39, 0.29) is 0 Å². The fourth-order valence-electron chi connectivity index (χ4n) is 0.256. The molecule has 0 saturated heterocycles. The van der Waals surface area contributed by atoms with Gasteiger partial charge in [-0.15, -0.1) is 4.91 Å². The van der Waals surface area contributed by atoms with E-state index in [0.717, 1.165) is 0 Å². The van der Waals surface area contributed by atoms with Crippen molar-refractivity contribution in [2.45, 2.75) is 27.7 Å². The van der Waals surface area contributed by atoms with Crippen LogP contribution >= 0.6 is 0 Å². The minimum atomic E-state index is 0.306. The van der Waals surface area contributed by atoms with E-state index in [1.807, 2.05) is 27.7 Å². The van der Waals surface area contributed by atoms with Crippen LogP contribution in [-0.2, 0) is 0 Å². The van der Waals surface area contributed by atoms with Gasteiger partial charge in [-0.2, -0.15) is 0 Å². The molecule has 0 atom stereocenters. The Morgan fingerprint density at radius 2 is 1.58 bits per heavy atom. The Bertz CT molecular complexity index is 127. The molecule has 0 bridgehead atoms. The molecule has 0 rings (SSSR count). The molecule has 0 aromatic rings. The van der Waals surface area contributed by atoms with Gasteiger partial charge < -0.3 is 0 Å². The Morgan fingerprint density at radius 1 is 1.17 bits per heavy atom. The van der Waals surface area contributed by atoms with Crippen LogP contribution in [0.4, 0.5) is 0 Å². The second kappa shape index (κ2) is 22.6. The molecule has 2 heteroatoms. The van der Waals surface area contributed by atoms with Crippen LogP contribution in [0.2, 0.25) is 0 Å². The minimum absolute atomic E-state index is 0.306. The van der Waals surface area contributed by atoms with Crippen LogP contribution in [0.25, 0.3) is 0 Å². The molecule has 0 aliphatic rings. The monoisotopic (exact) mass is 169 g/mol. The quantitative estimate of drug-likeness (QED) is 0.462. The zero-order valence-corrected chi connectivity index (χ0v) is 8.50. The number of nitrogens with zero attached hydrogens (tertiary/aromatic N) is 1. The summed E-state index contributed by atoms with van der Waals surface area (Å²) < 4.78 is 0. The van der Waals surface area contributed by atoms with Crippen molar-refractivity contribution in [3.8, 4) is 0 Å². The summed E-state index contributed by atoms with van der Waals surface area (Å²) in [5.41, 5.74) is 0.306. The number of allylic oxidation sites excluding steroid dienone is 3. The summed E-state index contributed by atoms with van der Waals surface area (Å²) in [5.74, 6) is 0. The molecule has 0 N–H and O–H groups in total. The van der Waals surface area contributed by atoms with Crippen molar-refractivity contribution in [3.63, 3.8) is 0 Å². The molecule has 0 spiro atoms. The first kappa shape index (κ1) is 17.1. The molecule has 0 aromatic carbocycles. The highest BCUT2D eigenvalue weighted by Gasteiger charge is 1.80. The van der Waals surface area contributed by atoms with Gasteiger partial charge in [0.2, 0.25) is 0 Å². The molecule has 0 aliphatic carbocycles. The number of hydrogen-bond donors (Lipinski definition) is 0. The first-order chi connectivity index (χ1) is 5.85. The lowest BCUT2D eigenvalue weighted by Gasteiger charge is -1.77. The Kier molecular flexibility index (Phi) is 32.1. The third-order valence-corrected chi connectivity index (χ3v) is 0.603. The van der Waals surface area contributed by atoms with Gasteiger partial charge in [-0.25, -0.2) is 0 Å². The highest BCUT2D eigenvalue weighted by Crippen LogP contribution is 1.94. The third kappa shape index (κ3) is 15.9. The smallest absolute Gasteiger partial charge is 0.107 e. The second-order valence-electron chi connectivity index (χ2n) is 1.12. The third-order valence-electron chi connectivity index (χ3n) is 0.603. The Balaban J connectivity index is -0.000000175. The van der Waals surface area contributed by atoms with Crippen LogP contribution in [0.15, 0.2) is 42.3 Å². The fourth-order valence-corrected chi connectivity index (χ4v) is 0.256. The molecular formula is C10H19NO. The van der Waals surface area contributed by atoms with E-state index < -0.39 is 0 Å². The summed E-state index contributed by atoms with van der Waals surface area (Å²) in [6.07, 6.45) is 4.34. The number of hydrogen-bond acceptors (Lipinski definition) is 2. The fraction of sp³-hybridized carbons (Fsp3) is 0.400. The molecule has 0 fully saturated rings. The van der Waals surface area contributed by atoms with Crippen molar-refractivity contribution in [2.75, 3.05) is 0 Å². The van der Waals surface area contributed by atoms with E-state index in [9.17, 15) is 4.91 Å². The lowest BCUT2D eigenvalue weighted by molar-refractivity contribution is 1.39. The van der Waals surface area contributed by atoms with Gasteiger partial charge in [-0.1, -0.05) is 46.9 Å². The normalized spacial score (nSPS) is 7.83. The zero-order valence-electron chi connectivity index (χ0n) is 8.50. The summed E-state index contributed by atoms with van der Waals surface area (Å²) in [7, 11) is 0. The van der Waals surface area contributed by atoms with Crippen LogP contribution in [0.3, 0.4) is 0 Å². The summed E-state index contributed by atoms with van der Waals surface area (Å²) in [6.45, 7) is 14.7. The summed E-state index contributed by atoms with van der Waals surface area (Å²) in [4.78, 5) is 9.69. The van der Waals surface area contributed by atoms with Crippen LogP contribution in [0.1, 0.15) is 27.7 Å². The van der Waals surface area contributed by atoms with E-state index in [4.69, 9.17) is 0 Å². The van der Waals surface area contributed by atoms with Gasteiger partial charge in [0.25, 0.3) is 0 Å². The standard InChI is InChI=1S/C6H7NO.2C2H6/c1-3-5-6(4-2)7-8;2*1-2/h3-5H,1-2H2;2*1-2H3/b6-5+;;. The zero-order chi connectivity index (χ0) is 10.4. The maximum Gasteiger partial charge on any atom is 0.107 e. The van der Waals surface area contributed by atoms with Gasteiger partial charge in [-0.05, 0) is 17.3 Å². The van der Waals surface area contributed by atoms with Gasteiger partial charge in [-0.3, -0.25) is 0 Å². The molecular weight excluding hydrogens is 150 g/mol.